The van der Waals surface area contributed by atoms with Crippen LogP contribution < -0.4 is 14.8 Å². The van der Waals surface area contributed by atoms with E-state index in [-0.39, 0.29) is 31.8 Å². The predicted molar refractivity (Wildman–Crippen MR) is 142 cm³/mol. The highest BCUT2D eigenvalue weighted by Crippen LogP contribution is 2.33. The maximum absolute atomic E-state index is 13.5. The molecule has 0 fully saturated rings. The number of thiophene rings is 1. The van der Waals surface area contributed by atoms with Crippen molar-refractivity contribution in [1.29, 1.82) is 0 Å². The molecule has 3 aromatic rings. The van der Waals surface area contributed by atoms with Crippen molar-refractivity contribution in [2.45, 2.75) is 18.0 Å². The summed E-state index contributed by atoms with van der Waals surface area (Å²) in [7, 11) is 1.57. The Morgan fingerprint density at radius 2 is 1.86 bits per heavy atom. The Morgan fingerprint density at radius 3 is 2.58 bits per heavy atom. The minimum atomic E-state index is -0.351. The highest BCUT2D eigenvalue weighted by Gasteiger charge is 2.23. The van der Waals surface area contributed by atoms with Crippen LogP contribution in [-0.4, -0.2) is 61.6 Å². The van der Waals surface area contributed by atoms with Crippen LogP contribution in [0.2, 0.25) is 0 Å². The topological polar surface area (TPSA) is 80.3 Å². The number of fused-ring (bicyclic) bond motifs is 1. The van der Waals surface area contributed by atoms with Crippen molar-refractivity contribution in [1.82, 2.24) is 9.80 Å². The maximum atomic E-state index is 13.5. The fourth-order valence-electron chi connectivity index (χ4n) is 3.68. The second-order valence-electron chi connectivity index (χ2n) is 8.09. The van der Waals surface area contributed by atoms with Crippen molar-refractivity contribution in [3.05, 3.63) is 70.4 Å². The molecular formula is C26H29N3O5S2. The van der Waals surface area contributed by atoms with Crippen molar-refractivity contribution < 1.29 is 23.8 Å². The number of nitrogens with one attached hydrogen (secondary N) is 1. The standard InChI is InChI=1S/C26H29N3O5S2/c1-32-12-11-28(26(31)27-20-6-8-21(35-2)9-7-20)17-25(30)29(16-22-4-3-13-36-22)15-19-5-10-23-24(14-19)34-18-33-23/h3-10,13-14H,11-12,15-18H2,1-2H3,(H,27,31). The first kappa shape index (κ1) is 25.9. The van der Waals surface area contributed by atoms with E-state index in [1.807, 2.05) is 66.2 Å². The Kier molecular flexibility index (Phi) is 9.10. The van der Waals surface area contributed by atoms with Gasteiger partial charge >= 0.3 is 6.03 Å². The molecule has 1 aliphatic heterocycles. The van der Waals surface area contributed by atoms with Crippen LogP contribution in [0.25, 0.3) is 0 Å². The van der Waals surface area contributed by atoms with E-state index in [0.29, 0.717) is 36.9 Å². The Balaban J connectivity index is 1.48. The molecule has 8 nitrogen and oxygen atoms in total. The van der Waals surface area contributed by atoms with Gasteiger partial charge in [0.15, 0.2) is 11.5 Å². The fraction of sp³-hybridized carbons (Fsp3) is 0.308. The molecular weight excluding hydrogens is 498 g/mol. The molecule has 36 heavy (non-hydrogen) atoms. The number of benzene rings is 2. The monoisotopic (exact) mass is 527 g/mol. The summed E-state index contributed by atoms with van der Waals surface area (Å²) in [5.74, 6) is 1.21. The summed E-state index contributed by atoms with van der Waals surface area (Å²) >= 11 is 3.22. The number of carbonyl (C=O) groups is 2. The number of amides is 3. The van der Waals surface area contributed by atoms with Gasteiger partial charge in [-0.2, -0.15) is 0 Å². The SMILES string of the molecule is COCCN(CC(=O)N(Cc1ccc2c(c1)OCO2)Cc1cccs1)C(=O)Nc1ccc(SC)cc1. The number of rotatable bonds is 11. The maximum Gasteiger partial charge on any atom is 0.322 e. The van der Waals surface area contributed by atoms with Crippen LogP contribution in [0.5, 0.6) is 11.5 Å². The molecule has 10 heteroatoms. The third-order valence-electron chi connectivity index (χ3n) is 5.61. The molecule has 0 bridgehead atoms. The zero-order chi connectivity index (χ0) is 25.3. The van der Waals surface area contributed by atoms with Crippen molar-refractivity contribution in [2.24, 2.45) is 0 Å². The number of carbonyl (C=O) groups excluding carboxylic acids is 2. The lowest BCUT2D eigenvalue weighted by Crippen LogP contribution is -2.45. The number of anilines is 1. The van der Waals surface area contributed by atoms with Gasteiger partial charge in [-0.1, -0.05) is 12.1 Å². The number of hydrogen-bond acceptors (Lipinski definition) is 7. The van der Waals surface area contributed by atoms with E-state index in [1.54, 1.807) is 35.1 Å². The molecule has 0 saturated heterocycles. The lowest BCUT2D eigenvalue weighted by atomic mass is 10.2. The molecule has 1 aliphatic rings. The second kappa shape index (κ2) is 12.7. The highest BCUT2D eigenvalue weighted by atomic mass is 32.2. The molecule has 0 atom stereocenters. The zero-order valence-electron chi connectivity index (χ0n) is 20.3. The van der Waals surface area contributed by atoms with Crippen LogP contribution in [0.1, 0.15) is 10.4 Å². The van der Waals surface area contributed by atoms with E-state index < -0.39 is 0 Å². The molecule has 0 saturated carbocycles. The van der Waals surface area contributed by atoms with Gasteiger partial charge in [-0.3, -0.25) is 4.79 Å². The first-order chi connectivity index (χ1) is 17.6. The molecule has 3 amide bonds. The molecule has 2 aromatic carbocycles. The number of methoxy groups -OCH3 is 1. The van der Waals surface area contributed by atoms with Crippen LogP contribution in [0, 0.1) is 0 Å². The van der Waals surface area contributed by atoms with Gasteiger partial charge in [-0.15, -0.1) is 23.1 Å². The van der Waals surface area contributed by atoms with E-state index in [0.717, 1.165) is 15.3 Å². The summed E-state index contributed by atoms with van der Waals surface area (Å²) in [4.78, 5) is 32.0. The van der Waals surface area contributed by atoms with Gasteiger partial charge in [0.2, 0.25) is 12.7 Å². The Morgan fingerprint density at radius 1 is 1.06 bits per heavy atom. The number of urea groups is 1. The highest BCUT2D eigenvalue weighted by molar-refractivity contribution is 7.98. The summed E-state index contributed by atoms with van der Waals surface area (Å²) in [6.07, 6.45) is 2.00. The smallest absolute Gasteiger partial charge is 0.322 e. The average molecular weight is 528 g/mol. The summed E-state index contributed by atoms with van der Waals surface area (Å²) in [6, 6.07) is 16.9. The molecule has 0 spiro atoms. The number of nitrogens with zero attached hydrogens (tertiary/aromatic N) is 2. The van der Waals surface area contributed by atoms with Gasteiger partial charge in [0.1, 0.15) is 6.54 Å². The minimum Gasteiger partial charge on any atom is -0.454 e. The molecule has 0 aliphatic carbocycles. The summed E-state index contributed by atoms with van der Waals surface area (Å²) < 4.78 is 16.1. The van der Waals surface area contributed by atoms with Crippen molar-refractivity contribution in [2.75, 3.05) is 45.2 Å². The van der Waals surface area contributed by atoms with Gasteiger partial charge < -0.3 is 29.3 Å². The molecule has 0 unspecified atom stereocenters. The van der Waals surface area contributed by atoms with Crippen LogP contribution in [0.3, 0.4) is 0 Å². The molecule has 2 heterocycles. The minimum absolute atomic E-state index is 0.0754. The summed E-state index contributed by atoms with van der Waals surface area (Å²) in [6.45, 7) is 1.55. The van der Waals surface area contributed by atoms with Gasteiger partial charge in [0, 0.05) is 35.7 Å². The lowest BCUT2D eigenvalue weighted by Gasteiger charge is -2.28. The van der Waals surface area contributed by atoms with Crippen LogP contribution >= 0.6 is 23.1 Å². The third-order valence-corrected chi connectivity index (χ3v) is 7.21. The summed E-state index contributed by atoms with van der Waals surface area (Å²) in [5, 5.41) is 4.88. The van der Waals surface area contributed by atoms with E-state index in [4.69, 9.17) is 14.2 Å². The van der Waals surface area contributed by atoms with Crippen LogP contribution in [-0.2, 0) is 22.6 Å². The Hall–Kier alpha value is -3.21. The molecule has 0 radical (unpaired) electrons. The summed E-state index contributed by atoms with van der Waals surface area (Å²) in [5.41, 5.74) is 1.59. The molecule has 4 rings (SSSR count). The predicted octanol–water partition coefficient (Wildman–Crippen LogP) is 4.91. The van der Waals surface area contributed by atoms with Crippen LogP contribution in [0.4, 0.5) is 10.5 Å². The van der Waals surface area contributed by atoms with Crippen molar-refractivity contribution >= 4 is 40.7 Å². The van der Waals surface area contributed by atoms with Crippen LogP contribution in [0.15, 0.2) is 64.9 Å². The molecule has 1 N–H and O–H groups in total. The second-order valence-corrected chi connectivity index (χ2v) is 10.0. The van der Waals surface area contributed by atoms with E-state index in [1.165, 1.54) is 4.90 Å². The van der Waals surface area contributed by atoms with Crippen molar-refractivity contribution in [3.63, 3.8) is 0 Å². The van der Waals surface area contributed by atoms with Gasteiger partial charge in [0.25, 0.3) is 0 Å². The third kappa shape index (κ3) is 6.93. The largest absolute Gasteiger partial charge is 0.454 e. The quantitative estimate of drug-likeness (QED) is 0.357. The van der Waals surface area contributed by atoms with E-state index in [2.05, 4.69) is 5.32 Å². The zero-order valence-corrected chi connectivity index (χ0v) is 21.9. The number of thioether (sulfide) groups is 1. The van der Waals surface area contributed by atoms with Gasteiger partial charge in [0.05, 0.1) is 13.2 Å². The first-order valence-electron chi connectivity index (χ1n) is 11.4. The normalized spacial score (nSPS) is 11.8. The molecule has 1 aromatic heterocycles. The fourth-order valence-corrected chi connectivity index (χ4v) is 4.80. The number of ether oxygens (including phenoxy) is 3. The molecule has 190 valence electrons. The van der Waals surface area contributed by atoms with Gasteiger partial charge in [-0.25, -0.2) is 4.79 Å². The van der Waals surface area contributed by atoms with Crippen molar-refractivity contribution in [3.8, 4) is 11.5 Å². The van der Waals surface area contributed by atoms with Gasteiger partial charge in [-0.05, 0) is 59.7 Å². The average Bonchev–Trinajstić information content (AvgIpc) is 3.58. The number of hydrogen-bond donors (Lipinski definition) is 1. The lowest BCUT2D eigenvalue weighted by molar-refractivity contribution is -0.133. The Labute approximate surface area is 219 Å². The first-order valence-corrected chi connectivity index (χ1v) is 13.5. The van der Waals surface area contributed by atoms with E-state index in [9.17, 15) is 9.59 Å². The van der Waals surface area contributed by atoms with E-state index >= 15 is 0 Å². The Bertz CT molecular complexity index is 1150.